The van der Waals surface area contributed by atoms with Crippen molar-refractivity contribution in [2.45, 2.75) is 25.2 Å². The summed E-state index contributed by atoms with van der Waals surface area (Å²) in [5.74, 6) is -1.80. The first kappa shape index (κ1) is 18.3. The van der Waals surface area contributed by atoms with Gasteiger partial charge in [0.1, 0.15) is 0 Å². The van der Waals surface area contributed by atoms with Crippen molar-refractivity contribution < 1.29 is 22.7 Å². The lowest BCUT2D eigenvalue weighted by Gasteiger charge is -2.08. The van der Waals surface area contributed by atoms with Crippen LogP contribution in [0.15, 0.2) is 23.1 Å². The van der Waals surface area contributed by atoms with Gasteiger partial charge in [0.2, 0.25) is 10.9 Å². The fraction of sp³-hybridized carbons (Fsp3) is 0.231. The first-order valence-electron chi connectivity index (χ1n) is 6.61. The largest absolute Gasteiger partial charge is 0.391 e. The van der Waals surface area contributed by atoms with Crippen LogP contribution in [0.2, 0.25) is 5.02 Å². The molecule has 0 spiro atoms. The van der Waals surface area contributed by atoms with Crippen molar-refractivity contribution in [2.24, 2.45) is 0 Å². The Bertz CT molecular complexity index is 895. The number of hydrogen-bond donors (Lipinski definition) is 1. The number of carbonyl (C=O) groups is 2. The highest BCUT2D eigenvalue weighted by Gasteiger charge is 2.22. The van der Waals surface area contributed by atoms with E-state index >= 15 is 0 Å². The molecule has 0 aliphatic carbocycles. The van der Waals surface area contributed by atoms with Gasteiger partial charge in [0.05, 0.1) is 4.90 Å². The van der Waals surface area contributed by atoms with Crippen LogP contribution in [-0.4, -0.2) is 30.4 Å². The van der Waals surface area contributed by atoms with E-state index in [2.05, 4.69) is 14.9 Å². The van der Waals surface area contributed by atoms with Gasteiger partial charge in [0.25, 0.3) is 10.0 Å². The van der Waals surface area contributed by atoms with E-state index in [1.807, 2.05) is 0 Å². The molecular weight excluding hydrogens is 378 g/mol. The van der Waals surface area contributed by atoms with Crippen molar-refractivity contribution in [3.8, 4) is 5.19 Å². The molecule has 1 N–H and O–H groups in total. The Kier molecular flexibility index (Phi) is 5.52. The summed E-state index contributed by atoms with van der Waals surface area (Å²) in [6, 6.07) is 4.47. The quantitative estimate of drug-likeness (QED) is 0.594. The molecule has 11 heteroatoms. The molecule has 2 rings (SSSR count). The van der Waals surface area contributed by atoms with E-state index in [1.54, 1.807) is 13.0 Å². The molecule has 0 radical (unpaired) electrons. The molecule has 1 aromatic heterocycles. The van der Waals surface area contributed by atoms with Crippen molar-refractivity contribution >= 4 is 49.8 Å². The molecule has 128 valence electrons. The molecule has 2 aromatic rings. The zero-order chi connectivity index (χ0) is 17.9. The average Bonchev–Trinajstić information content (AvgIpc) is 2.95. The topological polar surface area (TPSA) is 115 Å². The Labute approximate surface area is 146 Å². The second-order valence-electron chi connectivity index (χ2n) is 4.51. The molecule has 0 aliphatic heterocycles. The Hall–Kier alpha value is -2.04. The van der Waals surface area contributed by atoms with E-state index in [1.165, 1.54) is 19.1 Å². The molecule has 24 heavy (non-hydrogen) atoms. The zero-order valence-corrected chi connectivity index (χ0v) is 15.0. The Morgan fingerprint density at radius 2 is 2.04 bits per heavy atom. The fourth-order valence-electron chi connectivity index (χ4n) is 1.62. The van der Waals surface area contributed by atoms with Gasteiger partial charge in [-0.2, -0.15) is 0 Å². The van der Waals surface area contributed by atoms with Crippen molar-refractivity contribution in [2.75, 3.05) is 4.72 Å². The van der Waals surface area contributed by atoms with Gasteiger partial charge in [-0.3, -0.25) is 9.52 Å². The Morgan fingerprint density at radius 3 is 2.71 bits per heavy atom. The van der Waals surface area contributed by atoms with Crippen LogP contribution in [0.1, 0.15) is 18.9 Å². The summed E-state index contributed by atoms with van der Waals surface area (Å²) in [6.07, 6.45) is -0.00876. The molecule has 8 nitrogen and oxygen atoms in total. The van der Waals surface area contributed by atoms with Gasteiger partial charge in [-0.15, -0.1) is 5.10 Å². The van der Waals surface area contributed by atoms with Crippen LogP contribution in [0.25, 0.3) is 0 Å². The summed E-state index contributed by atoms with van der Waals surface area (Å²) >= 11 is 6.60. The smallest absolute Gasteiger partial charge is 0.381 e. The van der Waals surface area contributed by atoms with Gasteiger partial charge in [0.15, 0.2) is 0 Å². The van der Waals surface area contributed by atoms with Crippen LogP contribution in [0.4, 0.5) is 5.13 Å². The van der Waals surface area contributed by atoms with Gasteiger partial charge in [0, 0.05) is 11.4 Å². The number of nitrogens with one attached hydrogen (secondary N) is 1. The maximum atomic E-state index is 12.4. The zero-order valence-electron chi connectivity index (χ0n) is 12.6. The van der Waals surface area contributed by atoms with Crippen molar-refractivity contribution in [1.82, 2.24) is 10.2 Å². The number of Topliss-reactive ketones (excluding diaryl/α,β-unsaturated/α-hetero) is 1. The van der Waals surface area contributed by atoms with E-state index in [0.29, 0.717) is 21.9 Å². The predicted molar refractivity (Wildman–Crippen MR) is 87.8 cm³/mol. The van der Waals surface area contributed by atoms with Gasteiger partial charge < -0.3 is 4.74 Å². The van der Waals surface area contributed by atoms with Crippen LogP contribution in [0, 0.1) is 6.92 Å². The SMILES string of the molecule is CCC(=O)C(=O)Oc1nnc(NS(=O)(=O)c2cccc(Cl)c2C)s1. The van der Waals surface area contributed by atoms with E-state index in [0.717, 1.165) is 0 Å². The summed E-state index contributed by atoms with van der Waals surface area (Å²) in [5, 5.41) is 7.05. The summed E-state index contributed by atoms with van der Waals surface area (Å²) in [6.45, 7) is 3.08. The monoisotopic (exact) mass is 389 g/mol. The minimum absolute atomic E-state index is 0.00876. The summed E-state index contributed by atoms with van der Waals surface area (Å²) in [4.78, 5) is 22.5. The van der Waals surface area contributed by atoms with Gasteiger partial charge in [-0.05, 0) is 36.0 Å². The van der Waals surface area contributed by atoms with E-state index in [4.69, 9.17) is 16.3 Å². The van der Waals surface area contributed by atoms with E-state index in [-0.39, 0.29) is 21.6 Å². The third-order valence-corrected chi connectivity index (χ3v) is 5.60. The van der Waals surface area contributed by atoms with Crippen LogP contribution in [0.5, 0.6) is 5.19 Å². The number of rotatable bonds is 6. The summed E-state index contributed by atoms with van der Waals surface area (Å²) in [5.41, 5.74) is 0.386. The fourth-order valence-corrected chi connectivity index (χ4v) is 3.95. The van der Waals surface area contributed by atoms with Crippen LogP contribution < -0.4 is 9.46 Å². The first-order chi connectivity index (χ1) is 11.2. The molecule has 0 atom stereocenters. The molecule has 0 saturated heterocycles. The van der Waals surface area contributed by atoms with Crippen LogP contribution in [-0.2, 0) is 19.6 Å². The molecule has 1 aromatic carbocycles. The third kappa shape index (κ3) is 4.08. The second kappa shape index (κ2) is 7.24. The Balaban J connectivity index is 2.18. The summed E-state index contributed by atoms with van der Waals surface area (Å²) in [7, 11) is -3.94. The van der Waals surface area contributed by atoms with Gasteiger partial charge in [-0.25, -0.2) is 13.2 Å². The first-order valence-corrected chi connectivity index (χ1v) is 9.28. The maximum Gasteiger partial charge on any atom is 0.381 e. The van der Waals surface area contributed by atoms with Gasteiger partial charge >= 0.3 is 11.2 Å². The maximum absolute atomic E-state index is 12.4. The van der Waals surface area contributed by atoms with E-state index < -0.39 is 21.8 Å². The Morgan fingerprint density at radius 1 is 1.33 bits per heavy atom. The number of halogens is 1. The second-order valence-corrected chi connectivity index (χ2v) is 7.51. The minimum Gasteiger partial charge on any atom is -0.391 e. The molecule has 0 aliphatic rings. The number of aromatic nitrogens is 2. The van der Waals surface area contributed by atoms with Gasteiger partial charge in [-0.1, -0.05) is 29.7 Å². The van der Waals surface area contributed by atoms with Crippen LogP contribution >= 0.6 is 22.9 Å². The molecule has 0 fully saturated rings. The lowest BCUT2D eigenvalue weighted by molar-refractivity contribution is -0.146. The molecule has 1 heterocycles. The van der Waals surface area contributed by atoms with Crippen molar-refractivity contribution in [3.63, 3.8) is 0 Å². The number of benzene rings is 1. The normalized spacial score (nSPS) is 11.1. The molecule has 0 saturated carbocycles. The number of esters is 1. The highest BCUT2D eigenvalue weighted by atomic mass is 35.5. The standard InChI is InChI=1S/C13H12ClN3O5S2/c1-3-9(18)11(19)22-13-16-15-12(23-13)17-24(20,21)10-6-4-5-8(14)7(10)2/h4-6H,3H2,1-2H3,(H,15,17). The highest BCUT2D eigenvalue weighted by molar-refractivity contribution is 7.93. The number of carbonyl (C=O) groups excluding carboxylic acids is 2. The minimum atomic E-state index is -3.94. The third-order valence-electron chi connectivity index (χ3n) is 2.86. The number of ketones is 1. The molecular formula is C13H12ClN3O5S2. The number of ether oxygens (including phenoxy) is 1. The van der Waals surface area contributed by atoms with Crippen molar-refractivity contribution in [1.29, 1.82) is 0 Å². The summed E-state index contributed by atoms with van der Waals surface area (Å²) < 4.78 is 31.7. The lowest BCUT2D eigenvalue weighted by atomic mass is 10.2. The molecule has 0 amide bonds. The number of sulfonamides is 1. The number of hydrogen-bond acceptors (Lipinski definition) is 8. The van der Waals surface area contributed by atoms with Crippen LogP contribution in [0.3, 0.4) is 0 Å². The number of anilines is 1. The van der Waals surface area contributed by atoms with Crippen molar-refractivity contribution in [3.05, 3.63) is 28.8 Å². The van der Waals surface area contributed by atoms with E-state index in [9.17, 15) is 18.0 Å². The lowest BCUT2D eigenvalue weighted by Crippen LogP contribution is -2.19. The predicted octanol–water partition coefficient (Wildman–Crippen LogP) is 2.19. The molecule has 0 unspecified atom stereocenters. The molecule has 0 bridgehead atoms. The average molecular weight is 390 g/mol. The highest BCUT2D eigenvalue weighted by Crippen LogP contribution is 2.28. The number of nitrogens with zero attached hydrogens (tertiary/aromatic N) is 2.